The summed E-state index contributed by atoms with van der Waals surface area (Å²) in [5.41, 5.74) is 1.81. The van der Waals surface area contributed by atoms with Crippen LogP contribution in [0.4, 0.5) is 13.2 Å². The molecule has 4 aromatic heterocycles. The van der Waals surface area contributed by atoms with Crippen molar-refractivity contribution in [2.75, 3.05) is 0 Å². The second kappa shape index (κ2) is 8.51. The van der Waals surface area contributed by atoms with Crippen molar-refractivity contribution < 1.29 is 23.2 Å². The first kappa shape index (κ1) is 21.6. The van der Waals surface area contributed by atoms with Crippen LogP contribution in [0.15, 0.2) is 55.2 Å². The fourth-order valence-electron chi connectivity index (χ4n) is 3.23. The molecule has 32 heavy (non-hydrogen) atoms. The van der Waals surface area contributed by atoms with Crippen molar-refractivity contribution in [3.05, 3.63) is 72.2 Å². The maximum atomic E-state index is 12.8. The third-order valence-electron chi connectivity index (χ3n) is 4.92. The van der Waals surface area contributed by atoms with E-state index in [1.807, 2.05) is 0 Å². The van der Waals surface area contributed by atoms with Gasteiger partial charge in [0.1, 0.15) is 5.69 Å². The summed E-state index contributed by atoms with van der Waals surface area (Å²) in [4.78, 5) is 7.83. The molecule has 1 atom stereocenters. The van der Waals surface area contributed by atoms with E-state index in [1.54, 1.807) is 41.1 Å². The van der Waals surface area contributed by atoms with Crippen molar-refractivity contribution in [1.82, 2.24) is 34.7 Å². The van der Waals surface area contributed by atoms with Crippen LogP contribution in [0.3, 0.4) is 0 Å². The molecule has 13 heteroatoms. The Labute approximate surface area is 180 Å². The summed E-state index contributed by atoms with van der Waals surface area (Å²) in [5, 5.41) is 30.8. The summed E-state index contributed by atoms with van der Waals surface area (Å²) in [6.07, 6.45) is 3.22. The number of aryl methyl sites for hydroxylation is 1. The largest absolute Gasteiger partial charge is 0.490 e. The van der Waals surface area contributed by atoms with E-state index < -0.39 is 25.0 Å². The molecule has 0 radical (unpaired) electrons. The second-order valence-corrected chi connectivity index (χ2v) is 7.11. The minimum Gasteiger partial charge on any atom is -0.423 e. The van der Waals surface area contributed by atoms with E-state index in [-0.39, 0.29) is 11.9 Å². The summed E-state index contributed by atoms with van der Waals surface area (Å²) in [6, 6.07) is 4.93. The van der Waals surface area contributed by atoms with E-state index in [9.17, 15) is 23.2 Å². The lowest BCUT2D eigenvalue weighted by molar-refractivity contribution is -0.141. The van der Waals surface area contributed by atoms with Gasteiger partial charge in [0.2, 0.25) is 0 Å². The molecule has 0 aliphatic heterocycles. The van der Waals surface area contributed by atoms with Gasteiger partial charge in [0, 0.05) is 43.1 Å². The van der Waals surface area contributed by atoms with Crippen LogP contribution in [0, 0.1) is 0 Å². The molecule has 0 saturated heterocycles. The predicted octanol–water partition coefficient (Wildman–Crippen LogP) is 0.999. The van der Waals surface area contributed by atoms with E-state index in [2.05, 4.69) is 25.4 Å². The highest BCUT2D eigenvalue weighted by molar-refractivity contribution is 6.58. The van der Waals surface area contributed by atoms with Gasteiger partial charge in [-0.05, 0) is 17.7 Å². The van der Waals surface area contributed by atoms with E-state index >= 15 is 0 Å². The third-order valence-corrected chi connectivity index (χ3v) is 4.92. The fraction of sp³-hybridized carbons (Fsp3) is 0.211. The summed E-state index contributed by atoms with van der Waals surface area (Å²) in [5.74, 6) is 0. The van der Waals surface area contributed by atoms with Gasteiger partial charge in [-0.25, -0.2) is 4.68 Å². The van der Waals surface area contributed by atoms with Gasteiger partial charge < -0.3 is 10.0 Å². The summed E-state index contributed by atoms with van der Waals surface area (Å²) in [6.45, 7) is 0. The molecular formula is C19H17BF3N7O2. The van der Waals surface area contributed by atoms with Crippen molar-refractivity contribution in [2.24, 2.45) is 7.05 Å². The van der Waals surface area contributed by atoms with Gasteiger partial charge >= 0.3 is 13.3 Å². The van der Waals surface area contributed by atoms with Gasteiger partial charge in [-0.2, -0.15) is 18.3 Å². The van der Waals surface area contributed by atoms with Gasteiger partial charge in [-0.1, -0.05) is 17.3 Å². The Hall–Kier alpha value is -3.58. The highest BCUT2D eigenvalue weighted by atomic mass is 19.4. The molecule has 0 aromatic carbocycles. The van der Waals surface area contributed by atoms with Crippen molar-refractivity contribution in [3.8, 4) is 11.3 Å². The summed E-state index contributed by atoms with van der Waals surface area (Å²) in [7, 11) is 0.0775. The first-order valence-electron chi connectivity index (χ1n) is 9.45. The molecule has 9 nitrogen and oxygen atoms in total. The van der Waals surface area contributed by atoms with E-state index in [1.165, 1.54) is 24.5 Å². The van der Waals surface area contributed by atoms with Crippen LogP contribution in [0.5, 0.6) is 0 Å². The summed E-state index contributed by atoms with van der Waals surface area (Å²) < 4.78 is 41.8. The fourth-order valence-corrected chi connectivity index (χ4v) is 3.23. The number of rotatable bonds is 6. The number of aromatic nitrogens is 7. The zero-order valence-corrected chi connectivity index (χ0v) is 16.7. The number of nitrogens with zero attached hydrogens (tertiary/aromatic N) is 7. The lowest BCUT2D eigenvalue weighted by Gasteiger charge is -2.18. The average molecular weight is 443 g/mol. The van der Waals surface area contributed by atoms with Gasteiger partial charge in [0.25, 0.3) is 0 Å². The van der Waals surface area contributed by atoms with E-state index in [0.717, 1.165) is 17.3 Å². The lowest BCUT2D eigenvalue weighted by atomic mass is 9.81. The van der Waals surface area contributed by atoms with Crippen LogP contribution < -0.4 is 5.46 Å². The Bertz CT molecular complexity index is 1190. The van der Waals surface area contributed by atoms with Gasteiger partial charge in [-0.3, -0.25) is 14.6 Å². The number of hydrogen-bond donors (Lipinski definition) is 2. The van der Waals surface area contributed by atoms with Crippen LogP contribution in [0.25, 0.3) is 11.3 Å². The Morgan fingerprint density at radius 1 is 1.03 bits per heavy atom. The predicted molar refractivity (Wildman–Crippen MR) is 107 cm³/mol. The van der Waals surface area contributed by atoms with Crippen LogP contribution >= 0.6 is 0 Å². The average Bonchev–Trinajstić information content (AvgIpc) is 3.40. The zero-order valence-electron chi connectivity index (χ0n) is 16.7. The maximum absolute atomic E-state index is 12.8. The van der Waals surface area contributed by atoms with Crippen LogP contribution in [-0.4, -0.2) is 51.9 Å². The number of alkyl halides is 3. The first-order valence-corrected chi connectivity index (χ1v) is 9.45. The molecule has 0 spiro atoms. The molecule has 0 fully saturated rings. The Balaban J connectivity index is 1.69. The monoisotopic (exact) mass is 443 g/mol. The molecular weight excluding hydrogens is 426 g/mol. The van der Waals surface area contributed by atoms with Crippen molar-refractivity contribution >= 4 is 12.6 Å². The Morgan fingerprint density at radius 2 is 1.84 bits per heavy atom. The quantitative estimate of drug-likeness (QED) is 0.428. The van der Waals surface area contributed by atoms with E-state index in [0.29, 0.717) is 11.3 Å². The first-order chi connectivity index (χ1) is 15.2. The molecule has 164 valence electrons. The molecule has 1 unspecified atom stereocenters. The Kier molecular flexibility index (Phi) is 5.76. The van der Waals surface area contributed by atoms with Crippen LogP contribution in [-0.2, 0) is 19.6 Å². The smallest absolute Gasteiger partial charge is 0.423 e. The minimum absolute atomic E-state index is 0.214. The topological polar surface area (TPSA) is 115 Å². The van der Waals surface area contributed by atoms with Crippen molar-refractivity contribution in [1.29, 1.82) is 0 Å². The number of halogens is 3. The maximum Gasteiger partial charge on any atom is 0.490 e. The molecule has 0 aliphatic carbocycles. The number of pyridine rings is 2. The standard InChI is InChI=1S/C19H17BF3N7O2/c1-29-17(10-26-28-29)13-8-27-30(11-13)16(15-4-3-14(9-24-15)20(31)32)6-12-2-5-18(25-7-12)19(21,22)23/h2-5,7-11,16,31-32H,6H2,1H3. The molecule has 0 bridgehead atoms. The third kappa shape index (κ3) is 4.53. The van der Waals surface area contributed by atoms with E-state index in [4.69, 9.17) is 0 Å². The minimum atomic E-state index is -4.52. The van der Waals surface area contributed by atoms with Gasteiger partial charge in [-0.15, -0.1) is 5.10 Å². The second-order valence-electron chi connectivity index (χ2n) is 7.11. The van der Waals surface area contributed by atoms with Gasteiger partial charge in [0.05, 0.1) is 29.8 Å². The highest BCUT2D eigenvalue weighted by Crippen LogP contribution is 2.29. The Morgan fingerprint density at radius 3 is 2.41 bits per heavy atom. The SMILES string of the molecule is Cn1nncc1-c1cnn(C(Cc2ccc(C(F)(F)F)nc2)c2ccc(B(O)O)cn2)c1. The normalized spacial score (nSPS) is 12.7. The van der Waals surface area contributed by atoms with Crippen molar-refractivity contribution in [2.45, 2.75) is 18.6 Å². The molecule has 4 aromatic rings. The zero-order chi connectivity index (χ0) is 22.9. The lowest BCUT2D eigenvalue weighted by Crippen LogP contribution is -2.30. The van der Waals surface area contributed by atoms with Crippen LogP contribution in [0.2, 0.25) is 0 Å². The molecule has 2 N–H and O–H groups in total. The van der Waals surface area contributed by atoms with Gasteiger partial charge in [0.15, 0.2) is 0 Å². The molecule has 4 heterocycles. The van der Waals surface area contributed by atoms with Crippen LogP contribution in [0.1, 0.15) is 23.0 Å². The summed E-state index contributed by atoms with van der Waals surface area (Å²) >= 11 is 0. The molecule has 0 aliphatic rings. The van der Waals surface area contributed by atoms with Crippen molar-refractivity contribution in [3.63, 3.8) is 0 Å². The molecule has 0 amide bonds. The molecule has 4 rings (SSSR count). The highest BCUT2D eigenvalue weighted by Gasteiger charge is 2.32. The molecule has 0 saturated carbocycles. The number of hydrogen-bond acceptors (Lipinski definition) is 7.